The summed E-state index contributed by atoms with van der Waals surface area (Å²) in [6.07, 6.45) is 2.31. The van der Waals surface area contributed by atoms with Crippen LogP contribution in [-0.4, -0.2) is 5.54 Å². The minimum Gasteiger partial charge on any atom is -0.209 e. The molecule has 1 fully saturated rings. The highest BCUT2D eigenvalue weighted by atomic mass is 15.1. The first-order valence-electron chi connectivity index (χ1n) is 3.11. The summed E-state index contributed by atoms with van der Waals surface area (Å²) in [6.45, 7) is 4.20. The molecule has 2 nitrogen and oxygen atoms in total. The van der Waals surface area contributed by atoms with Gasteiger partial charge < -0.3 is 0 Å². The molecule has 1 aliphatic carbocycles. The minimum atomic E-state index is 0.0503. The number of nitrogens with one attached hydrogen (secondary N) is 1. The first kappa shape index (κ1) is 5.73. The van der Waals surface area contributed by atoms with Gasteiger partial charge in [-0.1, -0.05) is 13.3 Å². The van der Waals surface area contributed by atoms with Crippen LogP contribution in [0.3, 0.4) is 0 Å². The number of hydrogen-bond donors (Lipinski definition) is 1. The second-order valence-corrected chi connectivity index (χ2v) is 2.78. The van der Waals surface area contributed by atoms with Gasteiger partial charge in [-0.25, -0.2) is 5.53 Å². The van der Waals surface area contributed by atoms with Gasteiger partial charge in [0, 0.05) is 0 Å². The zero-order chi connectivity index (χ0) is 6.20. The average molecular weight is 112 g/mol. The average Bonchev–Trinajstić information content (AvgIpc) is 2.44. The van der Waals surface area contributed by atoms with Gasteiger partial charge in [0.1, 0.15) is 0 Å². The molecule has 0 aromatic rings. The smallest absolute Gasteiger partial charge is 0.0817 e. The van der Waals surface area contributed by atoms with Gasteiger partial charge in [0.15, 0.2) is 0 Å². The van der Waals surface area contributed by atoms with Crippen molar-refractivity contribution in [3.63, 3.8) is 0 Å². The van der Waals surface area contributed by atoms with E-state index in [0.29, 0.717) is 5.92 Å². The van der Waals surface area contributed by atoms with E-state index in [1.807, 2.05) is 6.92 Å². The molecule has 2 unspecified atom stereocenters. The van der Waals surface area contributed by atoms with Crippen molar-refractivity contribution < 1.29 is 0 Å². The molecule has 0 bridgehead atoms. The van der Waals surface area contributed by atoms with Crippen molar-refractivity contribution in [1.29, 1.82) is 5.53 Å². The van der Waals surface area contributed by atoms with Crippen LogP contribution in [0.15, 0.2) is 5.11 Å². The monoisotopic (exact) mass is 112 g/mol. The Morgan fingerprint density at radius 1 is 1.88 bits per heavy atom. The van der Waals surface area contributed by atoms with Crippen molar-refractivity contribution in [3.8, 4) is 0 Å². The molecule has 0 aromatic heterocycles. The third kappa shape index (κ3) is 0.641. The van der Waals surface area contributed by atoms with Crippen LogP contribution >= 0.6 is 0 Å². The maximum Gasteiger partial charge on any atom is 0.0817 e. The molecule has 0 saturated heterocycles. The van der Waals surface area contributed by atoms with E-state index in [0.717, 1.165) is 6.42 Å². The van der Waals surface area contributed by atoms with E-state index in [1.165, 1.54) is 6.42 Å². The van der Waals surface area contributed by atoms with Crippen LogP contribution in [0, 0.1) is 11.4 Å². The molecule has 0 heterocycles. The Balaban J connectivity index is 2.42. The summed E-state index contributed by atoms with van der Waals surface area (Å²) in [5.41, 5.74) is 6.83. The van der Waals surface area contributed by atoms with Crippen molar-refractivity contribution in [3.05, 3.63) is 0 Å². The molecule has 0 radical (unpaired) electrons. The summed E-state index contributed by atoms with van der Waals surface area (Å²) in [6, 6.07) is 0. The molecule has 1 saturated carbocycles. The topological polar surface area (TPSA) is 36.2 Å². The molecule has 2 atom stereocenters. The van der Waals surface area contributed by atoms with E-state index in [2.05, 4.69) is 12.0 Å². The summed E-state index contributed by atoms with van der Waals surface area (Å²) in [5, 5.41) is 3.53. The molecule has 8 heavy (non-hydrogen) atoms. The fraction of sp³-hybridized carbons (Fsp3) is 1.00. The molecule has 0 aliphatic heterocycles. The number of nitrogens with zero attached hydrogens (tertiary/aromatic N) is 1. The van der Waals surface area contributed by atoms with Crippen molar-refractivity contribution in [2.24, 2.45) is 11.0 Å². The van der Waals surface area contributed by atoms with Gasteiger partial charge in [0.25, 0.3) is 0 Å². The largest absolute Gasteiger partial charge is 0.209 e. The Morgan fingerprint density at radius 2 is 2.50 bits per heavy atom. The van der Waals surface area contributed by atoms with Gasteiger partial charge in [0.05, 0.1) is 5.54 Å². The zero-order valence-corrected chi connectivity index (χ0v) is 5.44. The standard InChI is InChI=1S/C6H12N2/c1-3-5-4-6(5,2)8-7/h5,7H,3-4H2,1-2H3. The third-order valence-corrected chi connectivity index (χ3v) is 2.13. The lowest BCUT2D eigenvalue weighted by atomic mass is 10.2. The van der Waals surface area contributed by atoms with Crippen LogP contribution in [0.1, 0.15) is 26.7 Å². The Labute approximate surface area is 49.8 Å². The molecule has 0 spiro atoms. The Bertz CT molecular complexity index is 111. The fourth-order valence-corrected chi connectivity index (χ4v) is 1.16. The minimum absolute atomic E-state index is 0.0503. The Kier molecular flexibility index (Phi) is 1.10. The summed E-state index contributed by atoms with van der Waals surface area (Å²) >= 11 is 0. The van der Waals surface area contributed by atoms with Gasteiger partial charge in [-0.3, -0.25) is 0 Å². The molecule has 2 heteroatoms. The van der Waals surface area contributed by atoms with E-state index < -0.39 is 0 Å². The van der Waals surface area contributed by atoms with Gasteiger partial charge in [0.2, 0.25) is 0 Å². The third-order valence-electron chi connectivity index (χ3n) is 2.13. The van der Waals surface area contributed by atoms with Crippen molar-refractivity contribution in [2.75, 3.05) is 0 Å². The zero-order valence-electron chi connectivity index (χ0n) is 5.44. The SMILES string of the molecule is CCC1CC1(C)N=N. The van der Waals surface area contributed by atoms with Crippen LogP contribution in [0.25, 0.3) is 0 Å². The Morgan fingerprint density at radius 3 is 2.62 bits per heavy atom. The molecule has 1 aliphatic rings. The summed E-state index contributed by atoms with van der Waals surface area (Å²) in [4.78, 5) is 0. The second kappa shape index (κ2) is 1.54. The highest BCUT2D eigenvalue weighted by Crippen LogP contribution is 2.48. The molecule has 1 rings (SSSR count). The molecular weight excluding hydrogens is 100 g/mol. The fourth-order valence-electron chi connectivity index (χ4n) is 1.16. The summed E-state index contributed by atoms with van der Waals surface area (Å²) in [5.74, 6) is 0.708. The number of rotatable bonds is 2. The van der Waals surface area contributed by atoms with Gasteiger partial charge in [-0.15, -0.1) is 0 Å². The lowest BCUT2D eigenvalue weighted by Gasteiger charge is -1.96. The highest BCUT2D eigenvalue weighted by molar-refractivity contribution is 5.04. The van der Waals surface area contributed by atoms with E-state index in [-0.39, 0.29) is 5.54 Å². The number of hydrogen-bond acceptors (Lipinski definition) is 2. The summed E-state index contributed by atoms with van der Waals surface area (Å²) < 4.78 is 0. The van der Waals surface area contributed by atoms with E-state index in [9.17, 15) is 0 Å². The molecule has 1 N–H and O–H groups in total. The molecule has 46 valence electrons. The molecule has 0 aromatic carbocycles. The summed E-state index contributed by atoms with van der Waals surface area (Å²) in [7, 11) is 0. The lowest BCUT2D eigenvalue weighted by molar-refractivity contribution is 0.593. The van der Waals surface area contributed by atoms with E-state index in [4.69, 9.17) is 5.53 Å². The quantitative estimate of drug-likeness (QED) is 0.532. The van der Waals surface area contributed by atoms with Gasteiger partial charge in [-0.05, 0) is 19.3 Å². The predicted molar refractivity (Wildman–Crippen MR) is 32.0 cm³/mol. The normalized spacial score (nSPS) is 44.0. The van der Waals surface area contributed by atoms with Crippen LogP contribution in [0.5, 0.6) is 0 Å². The molecule has 0 amide bonds. The van der Waals surface area contributed by atoms with Crippen LogP contribution in [0.2, 0.25) is 0 Å². The maximum absolute atomic E-state index is 6.78. The second-order valence-electron chi connectivity index (χ2n) is 2.78. The highest BCUT2D eigenvalue weighted by Gasteiger charge is 2.49. The predicted octanol–water partition coefficient (Wildman–Crippen LogP) is 2.21. The Hall–Kier alpha value is -0.400. The lowest BCUT2D eigenvalue weighted by Crippen LogP contribution is -1.98. The van der Waals surface area contributed by atoms with Gasteiger partial charge >= 0.3 is 0 Å². The van der Waals surface area contributed by atoms with Crippen LogP contribution in [0.4, 0.5) is 0 Å². The van der Waals surface area contributed by atoms with E-state index in [1.54, 1.807) is 0 Å². The van der Waals surface area contributed by atoms with Crippen LogP contribution < -0.4 is 0 Å². The van der Waals surface area contributed by atoms with Gasteiger partial charge in [-0.2, -0.15) is 5.11 Å². The van der Waals surface area contributed by atoms with E-state index >= 15 is 0 Å². The van der Waals surface area contributed by atoms with Crippen LogP contribution in [-0.2, 0) is 0 Å². The van der Waals surface area contributed by atoms with Crippen molar-refractivity contribution in [1.82, 2.24) is 0 Å². The molecular formula is C6H12N2. The maximum atomic E-state index is 6.78. The van der Waals surface area contributed by atoms with Crippen molar-refractivity contribution in [2.45, 2.75) is 32.2 Å². The first-order chi connectivity index (χ1) is 3.73. The first-order valence-corrected chi connectivity index (χ1v) is 3.11. The van der Waals surface area contributed by atoms with Crippen molar-refractivity contribution >= 4 is 0 Å².